The van der Waals surface area contributed by atoms with Gasteiger partial charge < -0.3 is 9.47 Å². The monoisotopic (exact) mass is 414 g/mol. The van der Waals surface area contributed by atoms with Gasteiger partial charge in [-0.1, -0.05) is 24.8 Å². The van der Waals surface area contributed by atoms with Crippen LogP contribution in [0, 0.1) is 0 Å². The van der Waals surface area contributed by atoms with E-state index >= 15 is 0 Å². The van der Waals surface area contributed by atoms with Gasteiger partial charge in [0, 0.05) is 35.2 Å². The number of allylic oxidation sites excluding steroid dienone is 6. The van der Waals surface area contributed by atoms with Gasteiger partial charge in [-0.2, -0.15) is 0 Å². The Kier molecular flexibility index (Phi) is 5.85. The molecule has 0 spiro atoms. The molecule has 2 heterocycles. The number of benzene rings is 1. The first kappa shape index (κ1) is 20.8. The highest BCUT2D eigenvalue weighted by Gasteiger charge is 2.23. The number of hydrogen-bond acceptors (Lipinski definition) is 5. The fraction of sp³-hybridized carbons (Fsp3) is 0.269. The second kappa shape index (κ2) is 8.72. The Hall–Kier alpha value is -3.47. The molecule has 1 aromatic heterocycles. The quantitative estimate of drug-likeness (QED) is 0.645. The third-order valence-corrected chi connectivity index (χ3v) is 5.35. The van der Waals surface area contributed by atoms with E-state index < -0.39 is 0 Å². The molecule has 0 bridgehead atoms. The lowest BCUT2D eigenvalue weighted by atomic mass is 9.86. The normalized spacial score (nSPS) is 17.7. The van der Waals surface area contributed by atoms with E-state index in [1.807, 2.05) is 62.5 Å². The number of pyridine rings is 1. The highest BCUT2D eigenvalue weighted by atomic mass is 16.5. The maximum atomic E-state index is 12.1. The Balaban J connectivity index is 2.00. The molecular formula is C26H26N2O3. The van der Waals surface area contributed by atoms with Gasteiger partial charge in [0.05, 0.1) is 31.4 Å². The number of hydrogen-bond donors (Lipinski definition) is 0. The van der Waals surface area contributed by atoms with Gasteiger partial charge in [0.15, 0.2) is 0 Å². The van der Waals surface area contributed by atoms with E-state index in [0.717, 1.165) is 45.5 Å². The first-order chi connectivity index (χ1) is 15.0. The maximum absolute atomic E-state index is 12.1. The predicted octanol–water partition coefficient (Wildman–Crippen LogP) is 5.02. The molecule has 31 heavy (non-hydrogen) atoms. The molecule has 1 aliphatic heterocycles. The molecule has 0 saturated carbocycles. The minimum Gasteiger partial charge on any atom is -0.493 e. The van der Waals surface area contributed by atoms with E-state index in [1.54, 1.807) is 0 Å². The zero-order valence-electron chi connectivity index (χ0n) is 18.1. The number of rotatable bonds is 5. The molecule has 0 saturated heterocycles. The second-order valence-corrected chi connectivity index (χ2v) is 7.87. The van der Waals surface area contributed by atoms with Crippen molar-refractivity contribution in [1.82, 2.24) is 4.98 Å². The SMILES string of the molecule is C=C(CC(=O)OC)/C(=C1/C=CC=CC1=NC(C)C)c1ccc2c3c(ccnc13)CCO2. The molecule has 1 aliphatic carbocycles. The van der Waals surface area contributed by atoms with Gasteiger partial charge >= 0.3 is 5.97 Å². The standard InChI is InChI=1S/C26H26N2O3/c1-16(2)28-21-8-6-5-7-19(21)24(17(3)15-23(29)30-4)20-9-10-22-25-18(12-14-31-22)11-13-27-26(20)25/h5-11,13,16H,3,12,14-15H2,1-2,4H3/b24-19+,28-21?. The molecule has 0 amide bonds. The van der Waals surface area contributed by atoms with Crippen LogP contribution in [0.2, 0.25) is 0 Å². The van der Waals surface area contributed by atoms with Gasteiger partial charge in [-0.15, -0.1) is 0 Å². The van der Waals surface area contributed by atoms with Crippen molar-refractivity contribution in [1.29, 1.82) is 0 Å². The predicted molar refractivity (Wildman–Crippen MR) is 124 cm³/mol. The zero-order chi connectivity index (χ0) is 22.0. The summed E-state index contributed by atoms with van der Waals surface area (Å²) < 4.78 is 10.8. The van der Waals surface area contributed by atoms with Crippen LogP contribution in [0.1, 0.15) is 31.4 Å². The molecule has 0 fully saturated rings. The third kappa shape index (κ3) is 4.08. The van der Waals surface area contributed by atoms with Crippen LogP contribution < -0.4 is 4.74 Å². The van der Waals surface area contributed by atoms with Crippen molar-refractivity contribution in [3.05, 3.63) is 77.6 Å². The summed E-state index contributed by atoms with van der Waals surface area (Å²) in [5.74, 6) is 0.506. The van der Waals surface area contributed by atoms with E-state index in [9.17, 15) is 4.79 Å². The van der Waals surface area contributed by atoms with Gasteiger partial charge in [-0.25, -0.2) is 0 Å². The Morgan fingerprint density at radius 1 is 1.26 bits per heavy atom. The van der Waals surface area contributed by atoms with Crippen LogP contribution in [0.5, 0.6) is 5.75 Å². The van der Waals surface area contributed by atoms with Crippen LogP contribution in [-0.4, -0.2) is 36.4 Å². The molecule has 0 N–H and O–H groups in total. The average Bonchev–Trinajstić information content (AvgIpc) is 2.76. The van der Waals surface area contributed by atoms with Crippen LogP contribution in [0.15, 0.2) is 71.4 Å². The maximum Gasteiger partial charge on any atom is 0.309 e. The van der Waals surface area contributed by atoms with Crippen molar-refractivity contribution in [3.8, 4) is 5.75 Å². The molecule has 0 atom stereocenters. The first-order valence-electron chi connectivity index (χ1n) is 10.5. The number of nitrogens with zero attached hydrogens (tertiary/aromatic N) is 2. The zero-order valence-corrected chi connectivity index (χ0v) is 18.1. The van der Waals surface area contributed by atoms with Gasteiger partial charge in [0.1, 0.15) is 5.75 Å². The molecule has 158 valence electrons. The topological polar surface area (TPSA) is 60.8 Å². The molecular weight excluding hydrogens is 388 g/mol. The molecule has 2 aromatic rings. The van der Waals surface area contributed by atoms with Crippen molar-refractivity contribution in [2.45, 2.75) is 32.7 Å². The lowest BCUT2D eigenvalue weighted by Crippen LogP contribution is -2.12. The molecule has 2 aliphatic rings. The summed E-state index contributed by atoms with van der Waals surface area (Å²) in [7, 11) is 1.39. The molecule has 5 nitrogen and oxygen atoms in total. The fourth-order valence-electron chi connectivity index (χ4n) is 4.04. The van der Waals surface area contributed by atoms with E-state index in [2.05, 4.69) is 6.58 Å². The summed E-state index contributed by atoms with van der Waals surface area (Å²) in [5, 5.41) is 1.02. The summed E-state index contributed by atoms with van der Waals surface area (Å²) in [6, 6.07) is 6.15. The highest BCUT2D eigenvalue weighted by molar-refractivity contribution is 6.19. The van der Waals surface area contributed by atoms with Gasteiger partial charge in [-0.05, 0) is 54.8 Å². The second-order valence-electron chi connectivity index (χ2n) is 7.87. The van der Waals surface area contributed by atoms with Crippen molar-refractivity contribution in [2.24, 2.45) is 4.99 Å². The Morgan fingerprint density at radius 3 is 2.84 bits per heavy atom. The van der Waals surface area contributed by atoms with Crippen molar-refractivity contribution < 1.29 is 14.3 Å². The molecule has 5 heteroatoms. The molecule has 4 rings (SSSR count). The number of aliphatic imine (C=N–C) groups is 1. The number of ether oxygens (including phenoxy) is 2. The van der Waals surface area contributed by atoms with Crippen LogP contribution >= 0.6 is 0 Å². The van der Waals surface area contributed by atoms with E-state index in [1.165, 1.54) is 12.7 Å². The fourth-order valence-corrected chi connectivity index (χ4v) is 4.04. The van der Waals surface area contributed by atoms with Gasteiger partial charge in [0.25, 0.3) is 0 Å². The Labute approximate surface area is 182 Å². The minimum absolute atomic E-state index is 0.0846. The smallest absolute Gasteiger partial charge is 0.309 e. The molecule has 0 unspecified atom stereocenters. The van der Waals surface area contributed by atoms with E-state index in [0.29, 0.717) is 12.2 Å². The minimum atomic E-state index is -0.334. The first-order valence-corrected chi connectivity index (χ1v) is 10.5. The van der Waals surface area contributed by atoms with Crippen LogP contribution in [0.25, 0.3) is 16.5 Å². The Morgan fingerprint density at radius 2 is 2.06 bits per heavy atom. The van der Waals surface area contributed by atoms with E-state index in [-0.39, 0.29) is 18.4 Å². The lowest BCUT2D eigenvalue weighted by molar-refractivity contribution is -0.139. The summed E-state index contributed by atoms with van der Waals surface area (Å²) in [6.07, 6.45) is 10.7. The summed E-state index contributed by atoms with van der Waals surface area (Å²) in [4.78, 5) is 21.6. The number of methoxy groups -OCH3 is 1. The van der Waals surface area contributed by atoms with Gasteiger partial charge in [-0.3, -0.25) is 14.8 Å². The third-order valence-electron chi connectivity index (χ3n) is 5.35. The summed E-state index contributed by atoms with van der Waals surface area (Å²) in [6.45, 7) is 9.01. The van der Waals surface area contributed by atoms with Crippen LogP contribution in [-0.2, 0) is 16.0 Å². The lowest BCUT2D eigenvalue weighted by Gasteiger charge is -2.22. The summed E-state index contributed by atoms with van der Waals surface area (Å²) >= 11 is 0. The number of carbonyl (C=O) groups is 1. The van der Waals surface area contributed by atoms with E-state index in [4.69, 9.17) is 19.5 Å². The van der Waals surface area contributed by atoms with Crippen LogP contribution in [0.3, 0.4) is 0 Å². The molecule has 1 aromatic carbocycles. The largest absolute Gasteiger partial charge is 0.493 e. The summed E-state index contributed by atoms with van der Waals surface area (Å²) in [5.41, 5.74) is 6.26. The van der Waals surface area contributed by atoms with Crippen molar-refractivity contribution in [3.63, 3.8) is 0 Å². The van der Waals surface area contributed by atoms with Crippen molar-refractivity contribution in [2.75, 3.05) is 13.7 Å². The number of esters is 1. The van der Waals surface area contributed by atoms with Crippen LogP contribution in [0.4, 0.5) is 0 Å². The van der Waals surface area contributed by atoms with Gasteiger partial charge in [0.2, 0.25) is 0 Å². The Bertz CT molecular complexity index is 1170. The number of aromatic nitrogens is 1. The average molecular weight is 415 g/mol. The number of carbonyl (C=O) groups excluding carboxylic acids is 1. The molecule has 0 radical (unpaired) electrons. The van der Waals surface area contributed by atoms with Crippen molar-refractivity contribution >= 4 is 28.2 Å². The highest BCUT2D eigenvalue weighted by Crippen LogP contribution is 2.40.